The van der Waals surface area contributed by atoms with E-state index in [2.05, 4.69) is 11.8 Å². The molecule has 1 heterocycles. The topological polar surface area (TPSA) is 46.6 Å². The molecular weight excluding hydrogens is 298 g/mol. The zero-order chi connectivity index (χ0) is 15.8. The molecule has 1 atom stereocenters. The Morgan fingerprint density at radius 1 is 1.18 bits per heavy atom. The average Bonchev–Trinajstić information content (AvgIpc) is 2.93. The highest BCUT2D eigenvalue weighted by molar-refractivity contribution is 7.90. The van der Waals surface area contributed by atoms with Gasteiger partial charge in [0.05, 0.1) is 17.1 Å². The summed E-state index contributed by atoms with van der Waals surface area (Å²) in [5.74, 6) is 0. The molecular formula is C17H25NO3S. The Labute approximate surface area is 133 Å². The lowest BCUT2D eigenvalue weighted by Crippen LogP contribution is -2.50. The highest BCUT2D eigenvalue weighted by Gasteiger charge is 2.40. The number of benzene rings is 1. The molecule has 1 saturated carbocycles. The molecule has 1 unspecified atom stereocenters. The van der Waals surface area contributed by atoms with Gasteiger partial charge in [-0.25, -0.2) is 8.42 Å². The van der Waals surface area contributed by atoms with Crippen molar-refractivity contribution in [2.45, 2.75) is 49.1 Å². The molecule has 0 bridgehead atoms. The SMILES string of the molecule is CC(c1ccc(S(C)(=O)=O)cc1)N1CCOC2(CCCC2)C1. The smallest absolute Gasteiger partial charge is 0.175 e. The Hall–Kier alpha value is -0.910. The van der Waals surface area contributed by atoms with Crippen LogP contribution >= 0.6 is 0 Å². The molecule has 22 heavy (non-hydrogen) atoms. The molecule has 5 heteroatoms. The van der Waals surface area contributed by atoms with E-state index in [0.717, 1.165) is 19.7 Å². The molecule has 1 aromatic rings. The summed E-state index contributed by atoms with van der Waals surface area (Å²) in [7, 11) is -3.12. The van der Waals surface area contributed by atoms with Gasteiger partial charge >= 0.3 is 0 Å². The zero-order valence-corrected chi connectivity index (χ0v) is 14.2. The van der Waals surface area contributed by atoms with Gasteiger partial charge in [-0.2, -0.15) is 0 Å². The van der Waals surface area contributed by atoms with Crippen LogP contribution in [0, 0.1) is 0 Å². The van der Waals surface area contributed by atoms with E-state index < -0.39 is 9.84 Å². The third-order valence-electron chi connectivity index (χ3n) is 5.13. The van der Waals surface area contributed by atoms with Crippen molar-refractivity contribution >= 4 is 9.84 Å². The van der Waals surface area contributed by atoms with Crippen molar-refractivity contribution in [1.29, 1.82) is 0 Å². The number of nitrogens with zero attached hydrogens (tertiary/aromatic N) is 1. The third kappa shape index (κ3) is 3.21. The van der Waals surface area contributed by atoms with Gasteiger partial charge in [-0.15, -0.1) is 0 Å². The first kappa shape index (κ1) is 16.0. The number of rotatable bonds is 3. The van der Waals surface area contributed by atoms with Gasteiger partial charge in [0.2, 0.25) is 0 Å². The maximum atomic E-state index is 11.6. The van der Waals surface area contributed by atoms with Crippen LogP contribution in [0.2, 0.25) is 0 Å². The van der Waals surface area contributed by atoms with Crippen molar-refractivity contribution in [3.8, 4) is 0 Å². The van der Waals surface area contributed by atoms with Crippen molar-refractivity contribution in [2.24, 2.45) is 0 Å². The van der Waals surface area contributed by atoms with E-state index in [1.54, 1.807) is 12.1 Å². The summed E-state index contributed by atoms with van der Waals surface area (Å²) in [5, 5.41) is 0. The standard InChI is InChI=1S/C17H25NO3S/c1-14(15-5-7-16(8-6-15)22(2,19)20)18-11-12-21-17(13-18)9-3-4-10-17/h5-8,14H,3-4,9-13H2,1-2H3. The second kappa shape index (κ2) is 5.95. The molecule has 2 aliphatic rings. The second-order valence-corrected chi connectivity index (χ2v) is 8.74. The van der Waals surface area contributed by atoms with E-state index in [1.807, 2.05) is 12.1 Å². The highest BCUT2D eigenvalue weighted by Crippen LogP contribution is 2.38. The van der Waals surface area contributed by atoms with Crippen molar-refractivity contribution in [1.82, 2.24) is 4.90 Å². The Bertz CT molecular complexity index is 618. The molecule has 2 fully saturated rings. The number of sulfone groups is 1. The fourth-order valence-electron chi connectivity index (χ4n) is 3.73. The maximum absolute atomic E-state index is 11.6. The Balaban J connectivity index is 1.74. The molecule has 4 nitrogen and oxygen atoms in total. The van der Waals surface area contributed by atoms with Gasteiger partial charge in [0.1, 0.15) is 0 Å². The molecule has 122 valence electrons. The molecule has 0 aromatic heterocycles. The summed E-state index contributed by atoms with van der Waals surface area (Å²) in [6, 6.07) is 7.60. The summed E-state index contributed by atoms with van der Waals surface area (Å²) in [4.78, 5) is 2.86. The molecule has 1 spiro atoms. The lowest BCUT2D eigenvalue weighted by atomic mass is 9.97. The fourth-order valence-corrected chi connectivity index (χ4v) is 4.36. The quantitative estimate of drug-likeness (QED) is 0.858. The summed E-state index contributed by atoms with van der Waals surface area (Å²) < 4.78 is 29.2. The van der Waals surface area contributed by atoms with Gasteiger partial charge in [0.15, 0.2) is 9.84 Å². The summed E-state index contributed by atoms with van der Waals surface area (Å²) in [5.41, 5.74) is 1.24. The van der Waals surface area contributed by atoms with Gasteiger partial charge in [0, 0.05) is 25.4 Å². The van der Waals surface area contributed by atoms with Crippen molar-refractivity contribution in [3.63, 3.8) is 0 Å². The minimum atomic E-state index is -3.12. The van der Waals surface area contributed by atoms with E-state index in [1.165, 1.54) is 37.5 Å². The van der Waals surface area contributed by atoms with E-state index in [-0.39, 0.29) is 11.6 Å². The van der Waals surface area contributed by atoms with Crippen LogP contribution in [0.3, 0.4) is 0 Å². The Morgan fingerprint density at radius 3 is 2.41 bits per heavy atom. The van der Waals surface area contributed by atoms with Crippen LogP contribution in [-0.4, -0.2) is 44.9 Å². The summed E-state index contributed by atoms with van der Waals surface area (Å²) >= 11 is 0. The minimum absolute atomic E-state index is 0.0687. The van der Waals surface area contributed by atoms with Crippen LogP contribution in [0.4, 0.5) is 0 Å². The molecule has 0 N–H and O–H groups in total. The lowest BCUT2D eigenvalue weighted by molar-refractivity contribution is -0.113. The van der Waals surface area contributed by atoms with Crippen LogP contribution in [0.1, 0.15) is 44.2 Å². The van der Waals surface area contributed by atoms with E-state index in [0.29, 0.717) is 4.90 Å². The van der Waals surface area contributed by atoms with Crippen molar-refractivity contribution in [3.05, 3.63) is 29.8 Å². The number of morpholine rings is 1. The molecule has 1 aromatic carbocycles. The highest BCUT2D eigenvalue weighted by atomic mass is 32.2. The fraction of sp³-hybridized carbons (Fsp3) is 0.647. The van der Waals surface area contributed by atoms with Gasteiger partial charge in [0.25, 0.3) is 0 Å². The van der Waals surface area contributed by atoms with Crippen molar-refractivity contribution in [2.75, 3.05) is 26.0 Å². The van der Waals surface area contributed by atoms with Gasteiger partial charge in [-0.05, 0) is 37.5 Å². The van der Waals surface area contributed by atoms with Crippen LogP contribution in [-0.2, 0) is 14.6 Å². The third-order valence-corrected chi connectivity index (χ3v) is 6.26. The number of ether oxygens (including phenoxy) is 1. The predicted molar refractivity (Wildman–Crippen MR) is 86.7 cm³/mol. The number of hydrogen-bond donors (Lipinski definition) is 0. The van der Waals surface area contributed by atoms with Crippen LogP contribution in [0.15, 0.2) is 29.2 Å². The molecule has 0 amide bonds. The van der Waals surface area contributed by atoms with E-state index >= 15 is 0 Å². The average molecular weight is 323 g/mol. The summed E-state index contributed by atoms with van der Waals surface area (Å²) in [6.45, 7) is 4.92. The van der Waals surface area contributed by atoms with Gasteiger partial charge in [-0.1, -0.05) is 25.0 Å². The second-order valence-electron chi connectivity index (χ2n) is 6.73. The predicted octanol–water partition coefficient (Wildman–Crippen LogP) is 2.80. The lowest BCUT2D eigenvalue weighted by Gasteiger charge is -2.43. The maximum Gasteiger partial charge on any atom is 0.175 e. The first-order chi connectivity index (χ1) is 10.4. The molecule has 1 aliphatic carbocycles. The normalized spacial score (nSPS) is 23.7. The molecule has 3 rings (SSSR count). The van der Waals surface area contributed by atoms with E-state index in [9.17, 15) is 8.42 Å². The minimum Gasteiger partial charge on any atom is -0.372 e. The van der Waals surface area contributed by atoms with Crippen molar-refractivity contribution < 1.29 is 13.2 Å². The monoisotopic (exact) mass is 323 g/mol. The van der Waals surface area contributed by atoms with Gasteiger partial charge in [-0.3, -0.25) is 4.90 Å². The number of hydrogen-bond acceptors (Lipinski definition) is 4. The summed E-state index contributed by atoms with van der Waals surface area (Å²) in [6.07, 6.45) is 6.13. The Kier molecular flexibility index (Phi) is 4.32. The zero-order valence-electron chi connectivity index (χ0n) is 13.4. The molecule has 1 saturated heterocycles. The van der Waals surface area contributed by atoms with E-state index in [4.69, 9.17) is 4.74 Å². The first-order valence-corrected chi connectivity index (χ1v) is 9.97. The molecule has 1 aliphatic heterocycles. The van der Waals surface area contributed by atoms with Crippen LogP contribution in [0.25, 0.3) is 0 Å². The van der Waals surface area contributed by atoms with Crippen LogP contribution in [0.5, 0.6) is 0 Å². The largest absolute Gasteiger partial charge is 0.372 e. The van der Waals surface area contributed by atoms with Gasteiger partial charge < -0.3 is 4.74 Å². The van der Waals surface area contributed by atoms with Crippen LogP contribution < -0.4 is 0 Å². The Morgan fingerprint density at radius 2 is 1.82 bits per heavy atom. The molecule has 0 radical (unpaired) electrons. The first-order valence-electron chi connectivity index (χ1n) is 8.08.